The van der Waals surface area contributed by atoms with E-state index in [0.29, 0.717) is 25.1 Å². The average Bonchev–Trinajstić information content (AvgIpc) is 3.48. The zero-order valence-corrected chi connectivity index (χ0v) is 23.4. The second kappa shape index (κ2) is 13.6. The Morgan fingerprint density at radius 3 is 2.53 bits per heavy atom. The minimum Gasteiger partial charge on any atom is -0.501 e. The van der Waals surface area contributed by atoms with Crippen molar-refractivity contribution in [1.29, 1.82) is 0 Å². The Bertz CT molecular complexity index is 1060. The topological polar surface area (TPSA) is 82.7 Å². The fraction of sp³-hybridized carbons (Fsp3) is 0.533. The van der Waals surface area contributed by atoms with Gasteiger partial charge in [-0.05, 0) is 70.7 Å². The number of ether oxygens (including phenoxy) is 1. The van der Waals surface area contributed by atoms with E-state index in [1.807, 2.05) is 19.9 Å². The lowest BCUT2D eigenvalue weighted by atomic mass is 10.0. The van der Waals surface area contributed by atoms with Crippen LogP contribution in [0.4, 0.5) is 4.39 Å². The predicted octanol–water partition coefficient (Wildman–Crippen LogP) is 4.47. The summed E-state index contributed by atoms with van der Waals surface area (Å²) in [6, 6.07) is 8.35. The molecule has 8 heteroatoms. The number of alkyl halides is 1. The van der Waals surface area contributed by atoms with Gasteiger partial charge < -0.3 is 20.7 Å². The van der Waals surface area contributed by atoms with Gasteiger partial charge in [-0.1, -0.05) is 35.9 Å². The molecule has 1 aliphatic heterocycles. The van der Waals surface area contributed by atoms with Crippen LogP contribution in [0.3, 0.4) is 0 Å². The standard InChI is InChI=1S/C30H43FN4O3/c1-21(22(2)33-23(3)34-24(4)36)29(37)32-17-25-10-12-27(13-11-25)19-35-14-6-8-26(18-35)9-7-15-38-20-28-16-30(28,5)31/h7,9-13,15,23,28,33H,6,8,14,16-20H2,1-5H3,(H,32,37)(H,34,36)/b15-7+,22-21+,26-9+. The number of carbonyl (C=O) groups excluding carboxylic acids is 2. The molecule has 1 aliphatic carbocycles. The molecular weight excluding hydrogens is 483 g/mol. The molecule has 3 unspecified atom stereocenters. The number of amides is 2. The number of hydrogen-bond donors (Lipinski definition) is 3. The van der Waals surface area contributed by atoms with Crippen molar-refractivity contribution in [3.8, 4) is 0 Å². The van der Waals surface area contributed by atoms with Gasteiger partial charge in [-0.3, -0.25) is 14.5 Å². The molecule has 7 nitrogen and oxygen atoms in total. The summed E-state index contributed by atoms with van der Waals surface area (Å²) in [6.07, 6.45) is 8.28. The highest BCUT2D eigenvalue weighted by Crippen LogP contribution is 2.46. The third-order valence-electron chi connectivity index (χ3n) is 7.18. The molecule has 2 aliphatic rings. The van der Waals surface area contributed by atoms with E-state index >= 15 is 0 Å². The minimum absolute atomic E-state index is 0.0335. The van der Waals surface area contributed by atoms with Crippen molar-refractivity contribution >= 4 is 11.8 Å². The van der Waals surface area contributed by atoms with E-state index in [-0.39, 0.29) is 23.9 Å². The number of nitrogens with one attached hydrogen (secondary N) is 3. The van der Waals surface area contributed by atoms with Crippen LogP contribution in [-0.2, 0) is 27.4 Å². The molecule has 3 rings (SSSR count). The van der Waals surface area contributed by atoms with E-state index in [0.717, 1.165) is 43.7 Å². The van der Waals surface area contributed by atoms with Crippen LogP contribution in [0.5, 0.6) is 0 Å². The summed E-state index contributed by atoms with van der Waals surface area (Å²) in [6.45, 7) is 12.3. The normalized spacial score (nSPS) is 24.1. The van der Waals surface area contributed by atoms with Crippen LogP contribution >= 0.6 is 0 Å². The highest BCUT2D eigenvalue weighted by Gasteiger charge is 2.51. The molecule has 2 amide bonds. The van der Waals surface area contributed by atoms with Crippen molar-refractivity contribution in [3.63, 3.8) is 0 Å². The third-order valence-corrected chi connectivity index (χ3v) is 7.18. The first-order valence-electron chi connectivity index (χ1n) is 13.5. The molecule has 1 saturated heterocycles. The summed E-state index contributed by atoms with van der Waals surface area (Å²) >= 11 is 0. The molecule has 3 N–H and O–H groups in total. The zero-order valence-electron chi connectivity index (χ0n) is 23.4. The van der Waals surface area contributed by atoms with Gasteiger partial charge >= 0.3 is 0 Å². The quantitative estimate of drug-likeness (QED) is 0.213. The summed E-state index contributed by atoms with van der Waals surface area (Å²) in [5.41, 5.74) is 3.92. The van der Waals surface area contributed by atoms with Gasteiger partial charge in [0.2, 0.25) is 11.8 Å². The number of nitrogens with zero attached hydrogens (tertiary/aromatic N) is 1. The SMILES string of the molecule is CC(=O)NC(C)N/C(C)=C(\C)C(=O)NCc1ccc(CN2CCC/C(=C\C=C\OCC3CC3(C)F)C2)cc1. The van der Waals surface area contributed by atoms with Gasteiger partial charge in [0.15, 0.2) is 0 Å². The van der Waals surface area contributed by atoms with Crippen molar-refractivity contribution in [2.75, 3.05) is 19.7 Å². The second-order valence-corrected chi connectivity index (χ2v) is 10.8. The lowest BCUT2D eigenvalue weighted by molar-refractivity contribution is -0.119. The van der Waals surface area contributed by atoms with Crippen LogP contribution in [0.25, 0.3) is 0 Å². The number of carbonyl (C=O) groups is 2. The summed E-state index contributed by atoms with van der Waals surface area (Å²) in [5.74, 6) is -0.239. The Morgan fingerprint density at radius 1 is 1.18 bits per heavy atom. The largest absolute Gasteiger partial charge is 0.501 e. The van der Waals surface area contributed by atoms with E-state index < -0.39 is 5.67 Å². The Hall–Kier alpha value is -3.13. The Morgan fingerprint density at radius 2 is 1.87 bits per heavy atom. The molecular formula is C30H43FN4O3. The molecule has 3 atom stereocenters. The van der Waals surface area contributed by atoms with Gasteiger partial charge in [-0.2, -0.15) is 0 Å². The molecule has 0 spiro atoms. The highest BCUT2D eigenvalue weighted by atomic mass is 19.1. The van der Waals surface area contributed by atoms with Gasteiger partial charge in [0.25, 0.3) is 0 Å². The first-order valence-corrected chi connectivity index (χ1v) is 13.5. The molecule has 0 bridgehead atoms. The van der Waals surface area contributed by atoms with Gasteiger partial charge in [-0.25, -0.2) is 4.39 Å². The van der Waals surface area contributed by atoms with Gasteiger partial charge in [0, 0.05) is 43.7 Å². The smallest absolute Gasteiger partial charge is 0.248 e. The number of benzene rings is 1. The molecule has 2 fully saturated rings. The summed E-state index contributed by atoms with van der Waals surface area (Å²) in [4.78, 5) is 26.2. The van der Waals surface area contributed by atoms with Crippen molar-refractivity contribution in [1.82, 2.24) is 20.9 Å². The molecule has 1 aromatic carbocycles. The van der Waals surface area contributed by atoms with Crippen LogP contribution in [0.2, 0.25) is 0 Å². The Balaban J connectivity index is 1.41. The minimum atomic E-state index is -1.04. The second-order valence-electron chi connectivity index (χ2n) is 10.8. The van der Waals surface area contributed by atoms with E-state index in [1.54, 1.807) is 20.1 Å². The Kier molecular flexibility index (Phi) is 10.5. The van der Waals surface area contributed by atoms with Crippen molar-refractivity contribution in [2.45, 2.75) is 78.8 Å². The van der Waals surface area contributed by atoms with E-state index in [9.17, 15) is 14.0 Å². The highest BCUT2D eigenvalue weighted by molar-refractivity contribution is 5.93. The molecule has 1 aromatic rings. The number of halogens is 1. The predicted molar refractivity (Wildman–Crippen MR) is 148 cm³/mol. The van der Waals surface area contributed by atoms with Crippen LogP contribution in [0.1, 0.15) is 65.0 Å². The summed E-state index contributed by atoms with van der Waals surface area (Å²) < 4.78 is 19.0. The van der Waals surface area contributed by atoms with Gasteiger partial charge in [-0.15, -0.1) is 0 Å². The maximum atomic E-state index is 13.5. The Labute approximate surface area is 226 Å². The average molecular weight is 527 g/mol. The monoisotopic (exact) mass is 526 g/mol. The van der Waals surface area contributed by atoms with Crippen LogP contribution in [0, 0.1) is 5.92 Å². The third kappa shape index (κ3) is 9.63. The van der Waals surface area contributed by atoms with Crippen LogP contribution in [-0.4, -0.2) is 48.2 Å². The fourth-order valence-electron chi connectivity index (χ4n) is 4.58. The van der Waals surface area contributed by atoms with Crippen LogP contribution < -0.4 is 16.0 Å². The van der Waals surface area contributed by atoms with Crippen molar-refractivity contribution in [3.05, 3.63) is 70.6 Å². The lowest BCUT2D eigenvalue weighted by Crippen LogP contribution is -2.42. The van der Waals surface area contributed by atoms with Gasteiger partial charge in [0.05, 0.1) is 19.0 Å². The van der Waals surface area contributed by atoms with Gasteiger partial charge in [0.1, 0.15) is 5.67 Å². The zero-order chi connectivity index (χ0) is 27.7. The van der Waals surface area contributed by atoms with E-state index in [2.05, 4.69) is 51.2 Å². The summed E-state index contributed by atoms with van der Waals surface area (Å²) in [5, 5.41) is 8.83. The molecule has 1 saturated carbocycles. The maximum absolute atomic E-state index is 13.5. The first-order chi connectivity index (χ1) is 18.0. The summed E-state index contributed by atoms with van der Waals surface area (Å²) in [7, 11) is 0. The van der Waals surface area contributed by atoms with Crippen LogP contribution in [0.15, 0.2) is 59.5 Å². The first kappa shape index (κ1) is 29.4. The molecule has 208 valence electrons. The van der Waals surface area contributed by atoms with E-state index in [1.165, 1.54) is 18.1 Å². The molecule has 38 heavy (non-hydrogen) atoms. The fourth-order valence-corrected chi connectivity index (χ4v) is 4.58. The molecule has 0 radical (unpaired) electrons. The molecule has 0 aromatic heterocycles. The number of likely N-dealkylation sites (tertiary alicyclic amines) is 1. The number of allylic oxidation sites excluding steroid dienone is 3. The van der Waals surface area contributed by atoms with E-state index in [4.69, 9.17) is 4.74 Å². The number of piperidine rings is 1. The van der Waals surface area contributed by atoms with Crippen molar-refractivity contribution in [2.24, 2.45) is 5.92 Å². The lowest BCUT2D eigenvalue weighted by Gasteiger charge is -2.28. The molecule has 1 heterocycles. The number of rotatable bonds is 12. The number of hydrogen-bond acceptors (Lipinski definition) is 5. The van der Waals surface area contributed by atoms with Crippen molar-refractivity contribution < 1.29 is 18.7 Å². The maximum Gasteiger partial charge on any atom is 0.248 e.